The maximum atomic E-state index is 5.65. The first-order valence-corrected chi connectivity index (χ1v) is 3.98. The summed E-state index contributed by atoms with van der Waals surface area (Å²) in [4.78, 5) is 8.01. The molecule has 0 saturated carbocycles. The lowest BCUT2D eigenvalue weighted by atomic mass is 10.3. The molecule has 0 unspecified atom stereocenters. The Morgan fingerprint density at radius 3 is 2.85 bits per heavy atom. The number of imidazole rings is 1. The van der Waals surface area contributed by atoms with Crippen molar-refractivity contribution in [3.63, 3.8) is 0 Å². The van der Waals surface area contributed by atoms with Gasteiger partial charge in [0, 0.05) is 18.6 Å². The third kappa shape index (κ3) is 1.38. The van der Waals surface area contributed by atoms with Crippen molar-refractivity contribution in [1.82, 2.24) is 14.5 Å². The Hall–Kier alpha value is -1.84. The van der Waals surface area contributed by atoms with Crippen LogP contribution in [0.2, 0.25) is 0 Å². The number of aromatic nitrogens is 3. The molecule has 66 valence electrons. The largest absolute Gasteiger partial charge is 0.369 e. The van der Waals surface area contributed by atoms with E-state index in [1.165, 1.54) is 0 Å². The zero-order chi connectivity index (χ0) is 9.26. The van der Waals surface area contributed by atoms with Gasteiger partial charge >= 0.3 is 0 Å². The van der Waals surface area contributed by atoms with Crippen molar-refractivity contribution in [1.29, 1.82) is 0 Å². The van der Waals surface area contributed by atoms with Gasteiger partial charge in [-0.05, 0) is 18.6 Å². The van der Waals surface area contributed by atoms with E-state index in [1.54, 1.807) is 23.2 Å². The van der Waals surface area contributed by atoms with Crippen molar-refractivity contribution in [2.75, 3.05) is 5.73 Å². The predicted molar refractivity (Wildman–Crippen MR) is 50.5 cm³/mol. The Kier molecular flexibility index (Phi) is 1.73. The van der Waals surface area contributed by atoms with Crippen molar-refractivity contribution in [2.24, 2.45) is 0 Å². The number of hydrogen-bond acceptors (Lipinski definition) is 3. The summed E-state index contributed by atoms with van der Waals surface area (Å²) in [5.41, 5.74) is 7.69. The van der Waals surface area contributed by atoms with E-state index in [0.717, 1.165) is 11.3 Å². The van der Waals surface area contributed by atoms with Gasteiger partial charge in [-0.15, -0.1) is 0 Å². The summed E-state index contributed by atoms with van der Waals surface area (Å²) in [6.45, 7) is 1.99. The Bertz CT molecular complexity index is 419. The van der Waals surface area contributed by atoms with Crippen molar-refractivity contribution in [2.45, 2.75) is 6.92 Å². The summed E-state index contributed by atoms with van der Waals surface area (Å²) in [6.07, 6.45) is 7.03. The van der Waals surface area contributed by atoms with Crippen LogP contribution >= 0.6 is 0 Å². The van der Waals surface area contributed by atoms with Crippen LogP contribution < -0.4 is 5.73 Å². The van der Waals surface area contributed by atoms with E-state index in [-0.39, 0.29) is 0 Å². The van der Waals surface area contributed by atoms with E-state index in [2.05, 4.69) is 9.97 Å². The van der Waals surface area contributed by atoms with Crippen LogP contribution in [0.3, 0.4) is 0 Å². The highest BCUT2D eigenvalue weighted by molar-refractivity contribution is 5.38. The zero-order valence-corrected chi connectivity index (χ0v) is 7.31. The van der Waals surface area contributed by atoms with Gasteiger partial charge < -0.3 is 5.73 Å². The van der Waals surface area contributed by atoms with E-state index >= 15 is 0 Å². The number of hydrogen-bond donors (Lipinski definition) is 1. The Morgan fingerprint density at radius 2 is 2.23 bits per heavy atom. The molecule has 0 aliphatic carbocycles. The summed E-state index contributed by atoms with van der Waals surface area (Å²) in [6, 6.07) is 2.00. The van der Waals surface area contributed by atoms with Gasteiger partial charge in [0.15, 0.2) is 0 Å². The highest BCUT2D eigenvalue weighted by Gasteiger charge is 2.00. The van der Waals surface area contributed by atoms with E-state index in [1.807, 2.05) is 19.2 Å². The SMILES string of the molecule is Cc1cncc(-n2ccnc2N)c1. The van der Waals surface area contributed by atoms with Crippen LogP contribution in [0.1, 0.15) is 5.56 Å². The first kappa shape index (κ1) is 7.79. The van der Waals surface area contributed by atoms with Crippen LogP contribution in [0.5, 0.6) is 0 Å². The molecule has 0 amide bonds. The van der Waals surface area contributed by atoms with E-state index < -0.39 is 0 Å². The van der Waals surface area contributed by atoms with Gasteiger partial charge in [-0.25, -0.2) is 4.98 Å². The predicted octanol–water partition coefficient (Wildman–Crippen LogP) is 1.16. The van der Waals surface area contributed by atoms with Crippen molar-refractivity contribution >= 4 is 5.95 Å². The maximum Gasteiger partial charge on any atom is 0.204 e. The fourth-order valence-corrected chi connectivity index (χ4v) is 1.20. The van der Waals surface area contributed by atoms with Gasteiger partial charge in [-0.3, -0.25) is 9.55 Å². The molecular formula is C9H10N4. The molecule has 0 aromatic carbocycles. The van der Waals surface area contributed by atoms with Gasteiger partial charge in [0.05, 0.1) is 11.9 Å². The molecule has 2 aromatic heterocycles. The van der Waals surface area contributed by atoms with E-state index in [0.29, 0.717) is 5.95 Å². The molecule has 0 aliphatic heterocycles. The molecule has 0 bridgehead atoms. The van der Waals surface area contributed by atoms with Crippen LogP contribution in [0, 0.1) is 6.92 Å². The highest BCUT2D eigenvalue weighted by atomic mass is 15.1. The lowest BCUT2D eigenvalue weighted by Gasteiger charge is -2.03. The molecule has 4 heteroatoms. The normalized spacial score (nSPS) is 10.2. The number of pyridine rings is 1. The number of rotatable bonds is 1. The lowest BCUT2D eigenvalue weighted by molar-refractivity contribution is 1.05. The van der Waals surface area contributed by atoms with Crippen molar-refractivity contribution in [3.8, 4) is 5.69 Å². The minimum Gasteiger partial charge on any atom is -0.369 e. The monoisotopic (exact) mass is 174 g/mol. The number of nitrogens with zero attached hydrogens (tertiary/aromatic N) is 3. The molecule has 2 aromatic rings. The molecule has 2 heterocycles. The van der Waals surface area contributed by atoms with Gasteiger partial charge in [0.1, 0.15) is 0 Å². The third-order valence-electron chi connectivity index (χ3n) is 1.81. The molecule has 0 atom stereocenters. The third-order valence-corrected chi connectivity index (χ3v) is 1.81. The summed E-state index contributed by atoms with van der Waals surface area (Å²) in [5.74, 6) is 0.479. The average molecular weight is 174 g/mol. The summed E-state index contributed by atoms with van der Waals surface area (Å²) in [5, 5.41) is 0. The minimum absolute atomic E-state index is 0.479. The molecule has 2 N–H and O–H groups in total. The van der Waals surface area contributed by atoms with Crippen LogP contribution in [-0.4, -0.2) is 14.5 Å². The lowest BCUT2D eigenvalue weighted by Crippen LogP contribution is -2.00. The minimum atomic E-state index is 0.479. The quantitative estimate of drug-likeness (QED) is 0.705. The molecular weight excluding hydrogens is 164 g/mol. The summed E-state index contributed by atoms with van der Waals surface area (Å²) >= 11 is 0. The average Bonchev–Trinajstić information content (AvgIpc) is 2.51. The second-order valence-electron chi connectivity index (χ2n) is 2.88. The van der Waals surface area contributed by atoms with Crippen LogP contribution in [0.15, 0.2) is 30.9 Å². The smallest absolute Gasteiger partial charge is 0.204 e. The fraction of sp³-hybridized carbons (Fsp3) is 0.111. The van der Waals surface area contributed by atoms with Crippen LogP contribution in [0.25, 0.3) is 5.69 Å². The first-order valence-electron chi connectivity index (χ1n) is 3.98. The highest BCUT2D eigenvalue weighted by Crippen LogP contribution is 2.11. The van der Waals surface area contributed by atoms with Gasteiger partial charge in [-0.2, -0.15) is 0 Å². The summed E-state index contributed by atoms with van der Waals surface area (Å²) in [7, 11) is 0. The molecule has 0 aliphatic rings. The topological polar surface area (TPSA) is 56.7 Å². The van der Waals surface area contributed by atoms with Crippen molar-refractivity contribution in [3.05, 3.63) is 36.4 Å². The second-order valence-corrected chi connectivity index (χ2v) is 2.88. The standard InChI is InChI=1S/C9H10N4/c1-7-4-8(6-11-5-7)13-3-2-12-9(13)10/h2-6H,1H3,(H2,10,12). The summed E-state index contributed by atoms with van der Waals surface area (Å²) < 4.78 is 1.79. The van der Waals surface area contributed by atoms with Crippen molar-refractivity contribution < 1.29 is 0 Å². The zero-order valence-electron chi connectivity index (χ0n) is 7.31. The number of anilines is 1. The van der Waals surface area contributed by atoms with Crippen LogP contribution in [0.4, 0.5) is 5.95 Å². The molecule has 2 rings (SSSR count). The second kappa shape index (κ2) is 2.90. The maximum absolute atomic E-state index is 5.65. The number of nitrogen functional groups attached to an aromatic ring is 1. The van der Waals surface area contributed by atoms with Gasteiger partial charge in [0.25, 0.3) is 0 Å². The molecule has 0 radical (unpaired) electrons. The Labute approximate surface area is 76.1 Å². The van der Waals surface area contributed by atoms with Gasteiger partial charge in [-0.1, -0.05) is 0 Å². The fourth-order valence-electron chi connectivity index (χ4n) is 1.20. The molecule has 13 heavy (non-hydrogen) atoms. The number of aryl methyl sites for hydroxylation is 1. The molecule has 0 fully saturated rings. The number of nitrogens with two attached hydrogens (primary N) is 1. The Balaban J connectivity index is 2.53. The molecule has 0 saturated heterocycles. The van der Waals surface area contributed by atoms with E-state index in [4.69, 9.17) is 5.73 Å². The molecule has 0 spiro atoms. The van der Waals surface area contributed by atoms with Gasteiger partial charge in [0.2, 0.25) is 5.95 Å². The van der Waals surface area contributed by atoms with E-state index in [9.17, 15) is 0 Å². The van der Waals surface area contributed by atoms with Crippen LogP contribution in [-0.2, 0) is 0 Å². The first-order chi connectivity index (χ1) is 6.27. The Morgan fingerprint density at radius 1 is 1.38 bits per heavy atom. The molecule has 4 nitrogen and oxygen atoms in total.